The van der Waals surface area contributed by atoms with Crippen LogP contribution in [0.2, 0.25) is 0 Å². The second-order valence-corrected chi connectivity index (χ2v) is 6.09. The van der Waals surface area contributed by atoms with Crippen LogP contribution in [0.15, 0.2) is 17.6 Å². The third kappa shape index (κ3) is 2.70. The van der Waals surface area contributed by atoms with Crippen LogP contribution in [0.5, 0.6) is 0 Å². The van der Waals surface area contributed by atoms with E-state index >= 15 is 0 Å². The van der Waals surface area contributed by atoms with Crippen LogP contribution in [0.1, 0.15) is 19.8 Å². The van der Waals surface area contributed by atoms with Crippen LogP contribution in [0, 0.1) is 11.3 Å². The fraction of sp³-hybridized carbons (Fsp3) is 0.600. The van der Waals surface area contributed by atoms with Gasteiger partial charge in [-0.05, 0) is 25.7 Å². The number of aromatic nitrogens is 2. The Hall–Kier alpha value is -1.41. The Bertz CT molecular complexity index is 546. The number of amidine groups is 1. The van der Waals surface area contributed by atoms with Gasteiger partial charge >= 0.3 is 0 Å². The number of hydrogen-bond donors (Lipinski definition) is 3. The monoisotopic (exact) mass is 271 g/mol. The molecule has 18 heavy (non-hydrogen) atoms. The van der Waals surface area contributed by atoms with E-state index in [2.05, 4.69) is 9.71 Å². The Morgan fingerprint density at radius 2 is 2.39 bits per heavy atom. The standard InChI is InChI=1S/C10H17N5O2S/c1-2-15-5-8(13-6-15)18(16,17)14-9(10(11)12)7-3-4-7/h5-7,9,14H,2-4H2,1H3,(H3,11,12). The molecule has 0 aromatic carbocycles. The lowest BCUT2D eigenvalue weighted by Gasteiger charge is -2.15. The number of hydrogen-bond acceptors (Lipinski definition) is 4. The second-order valence-electron chi connectivity index (χ2n) is 4.43. The number of imidazole rings is 1. The van der Waals surface area contributed by atoms with E-state index in [4.69, 9.17) is 11.1 Å². The second kappa shape index (κ2) is 4.69. The highest BCUT2D eigenvalue weighted by molar-refractivity contribution is 7.89. The van der Waals surface area contributed by atoms with Gasteiger partial charge in [0.05, 0.1) is 12.4 Å². The Kier molecular flexibility index (Phi) is 3.40. The van der Waals surface area contributed by atoms with E-state index in [9.17, 15) is 8.42 Å². The fourth-order valence-corrected chi connectivity index (χ4v) is 2.96. The van der Waals surface area contributed by atoms with Crippen molar-refractivity contribution in [1.82, 2.24) is 14.3 Å². The third-order valence-electron chi connectivity index (χ3n) is 2.96. The molecule has 1 heterocycles. The van der Waals surface area contributed by atoms with Gasteiger partial charge in [-0.15, -0.1) is 0 Å². The van der Waals surface area contributed by atoms with Gasteiger partial charge in [-0.25, -0.2) is 13.4 Å². The van der Waals surface area contributed by atoms with Crippen LogP contribution in [-0.2, 0) is 16.6 Å². The summed E-state index contributed by atoms with van der Waals surface area (Å²) >= 11 is 0. The lowest BCUT2D eigenvalue weighted by atomic mass is 10.2. The van der Waals surface area contributed by atoms with Crippen LogP contribution in [0.25, 0.3) is 0 Å². The molecule has 1 atom stereocenters. The maximum absolute atomic E-state index is 12.1. The number of rotatable bonds is 6. The lowest BCUT2D eigenvalue weighted by molar-refractivity contribution is 0.560. The molecule has 1 aliphatic carbocycles. The number of sulfonamides is 1. The van der Waals surface area contributed by atoms with Crippen LogP contribution in [-0.4, -0.2) is 29.8 Å². The molecule has 1 saturated carbocycles. The molecule has 8 heteroatoms. The van der Waals surface area contributed by atoms with Crippen LogP contribution in [0.4, 0.5) is 0 Å². The summed E-state index contributed by atoms with van der Waals surface area (Å²) in [7, 11) is -3.70. The summed E-state index contributed by atoms with van der Waals surface area (Å²) in [6.45, 7) is 2.55. The molecule has 0 amide bonds. The van der Waals surface area contributed by atoms with Crippen molar-refractivity contribution < 1.29 is 8.42 Å². The summed E-state index contributed by atoms with van der Waals surface area (Å²) in [6.07, 6.45) is 4.73. The van der Waals surface area contributed by atoms with Crippen molar-refractivity contribution in [1.29, 1.82) is 5.41 Å². The molecule has 1 aliphatic rings. The van der Waals surface area contributed by atoms with Gasteiger partial charge in [0.1, 0.15) is 5.84 Å². The van der Waals surface area contributed by atoms with E-state index in [1.54, 1.807) is 4.57 Å². The molecule has 100 valence electrons. The van der Waals surface area contributed by atoms with E-state index in [1.165, 1.54) is 12.5 Å². The molecule has 1 fully saturated rings. The van der Waals surface area contributed by atoms with E-state index in [1.807, 2.05) is 6.92 Å². The molecule has 0 aliphatic heterocycles. The Balaban J connectivity index is 2.17. The zero-order valence-electron chi connectivity index (χ0n) is 10.1. The van der Waals surface area contributed by atoms with E-state index in [-0.39, 0.29) is 16.8 Å². The molecule has 0 spiro atoms. The molecule has 7 nitrogen and oxygen atoms in total. The first-order valence-electron chi connectivity index (χ1n) is 5.82. The van der Waals surface area contributed by atoms with Crippen LogP contribution >= 0.6 is 0 Å². The SMILES string of the molecule is CCn1cnc(S(=O)(=O)NC(C(=N)N)C2CC2)c1. The van der Waals surface area contributed by atoms with Crippen LogP contribution < -0.4 is 10.5 Å². The Morgan fingerprint density at radius 3 is 2.83 bits per heavy atom. The molecule has 1 aromatic heterocycles. The lowest BCUT2D eigenvalue weighted by Crippen LogP contribution is -2.45. The zero-order chi connectivity index (χ0) is 13.3. The first-order chi connectivity index (χ1) is 8.44. The summed E-state index contributed by atoms with van der Waals surface area (Å²) in [5.41, 5.74) is 5.43. The maximum atomic E-state index is 12.1. The first-order valence-corrected chi connectivity index (χ1v) is 7.30. The molecule has 4 N–H and O–H groups in total. The van der Waals surface area contributed by atoms with Crippen molar-refractivity contribution in [2.75, 3.05) is 0 Å². The van der Waals surface area contributed by atoms with Gasteiger partial charge in [0, 0.05) is 12.7 Å². The van der Waals surface area contributed by atoms with Crippen molar-refractivity contribution in [3.05, 3.63) is 12.5 Å². The van der Waals surface area contributed by atoms with Crippen LogP contribution in [0.3, 0.4) is 0 Å². The van der Waals surface area contributed by atoms with Crippen molar-refractivity contribution >= 4 is 15.9 Å². The van der Waals surface area contributed by atoms with Gasteiger partial charge in [0.15, 0.2) is 5.03 Å². The molecule has 0 radical (unpaired) electrons. The van der Waals surface area contributed by atoms with Crippen molar-refractivity contribution in [2.45, 2.75) is 37.4 Å². The average Bonchev–Trinajstić information content (AvgIpc) is 3.01. The van der Waals surface area contributed by atoms with E-state index in [0.29, 0.717) is 6.54 Å². The summed E-state index contributed by atoms with van der Waals surface area (Å²) in [5, 5.41) is 7.40. The molecule has 1 unspecified atom stereocenters. The van der Waals surface area contributed by atoms with Gasteiger partial charge in [0.2, 0.25) is 0 Å². The molecular weight excluding hydrogens is 254 g/mol. The topological polar surface area (TPSA) is 114 Å². The normalized spacial score (nSPS) is 17.6. The quantitative estimate of drug-likeness (QED) is 0.495. The highest BCUT2D eigenvalue weighted by atomic mass is 32.2. The van der Waals surface area contributed by atoms with Gasteiger partial charge in [-0.1, -0.05) is 0 Å². The molecule has 2 rings (SSSR count). The minimum atomic E-state index is -3.70. The number of nitrogens with one attached hydrogen (secondary N) is 2. The molecule has 0 saturated heterocycles. The molecular formula is C10H17N5O2S. The smallest absolute Gasteiger partial charge is 0.260 e. The maximum Gasteiger partial charge on any atom is 0.260 e. The predicted molar refractivity (Wildman–Crippen MR) is 66.6 cm³/mol. The number of nitrogens with zero attached hydrogens (tertiary/aromatic N) is 2. The first kappa shape index (κ1) is 13.0. The van der Waals surface area contributed by atoms with Gasteiger partial charge in [-0.2, -0.15) is 4.72 Å². The third-order valence-corrected chi connectivity index (χ3v) is 4.29. The Morgan fingerprint density at radius 1 is 1.72 bits per heavy atom. The van der Waals surface area contributed by atoms with Crippen molar-refractivity contribution in [3.8, 4) is 0 Å². The zero-order valence-corrected chi connectivity index (χ0v) is 10.9. The minimum Gasteiger partial charge on any atom is -0.386 e. The number of aryl methyl sites for hydroxylation is 1. The highest BCUT2D eigenvalue weighted by Crippen LogP contribution is 2.33. The van der Waals surface area contributed by atoms with Gasteiger partial charge < -0.3 is 10.3 Å². The number of nitrogens with two attached hydrogens (primary N) is 1. The fourth-order valence-electron chi connectivity index (χ4n) is 1.72. The van der Waals surface area contributed by atoms with E-state index < -0.39 is 16.1 Å². The summed E-state index contributed by atoms with van der Waals surface area (Å²) in [4.78, 5) is 3.85. The van der Waals surface area contributed by atoms with Gasteiger partial charge in [0.25, 0.3) is 10.0 Å². The Labute approximate surface area is 106 Å². The molecule has 0 bridgehead atoms. The van der Waals surface area contributed by atoms with Crippen molar-refractivity contribution in [3.63, 3.8) is 0 Å². The summed E-state index contributed by atoms with van der Waals surface area (Å²) < 4.78 is 28.3. The highest BCUT2D eigenvalue weighted by Gasteiger charge is 2.36. The van der Waals surface area contributed by atoms with Crippen molar-refractivity contribution in [2.24, 2.45) is 11.7 Å². The summed E-state index contributed by atoms with van der Waals surface area (Å²) in [5.74, 6) is 0.00142. The largest absolute Gasteiger partial charge is 0.386 e. The average molecular weight is 271 g/mol. The molecule has 1 aromatic rings. The summed E-state index contributed by atoms with van der Waals surface area (Å²) in [6, 6.07) is -0.609. The van der Waals surface area contributed by atoms with E-state index in [0.717, 1.165) is 12.8 Å². The van der Waals surface area contributed by atoms with Gasteiger partial charge in [-0.3, -0.25) is 5.41 Å². The minimum absolute atomic E-state index is 0.0312. The predicted octanol–water partition coefficient (Wildman–Crippen LogP) is -0.104.